The Balaban J connectivity index is 2.44. The number of aliphatic hydroxyl groups is 1. The number of rotatable bonds is 0. The number of carbonyl (C=O) groups is 2. The van der Waals surface area contributed by atoms with Gasteiger partial charge in [0.05, 0.1) is 18.1 Å². The van der Waals surface area contributed by atoms with Crippen LogP contribution in [0.5, 0.6) is 11.5 Å². The van der Waals surface area contributed by atoms with Crippen LogP contribution in [-0.2, 0) is 16.0 Å². The van der Waals surface area contributed by atoms with E-state index in [9.17, 15) is 24.9 Å². The Morgan fingerprint density at radius 3 is 2.68 bits per heavy atom. The Hall–Kier alpha value is -2.34. The van der Waals surface area contributed by atoms with Gasteiger partial charge < -0.3 is 20.1 Å². The second-order valence-corrected chi connectivity index (χ2v) is 5.37. The van der Waals surface area contributed by atoms with E-state index in [0.717, 1.165) is 6.07 Å². The highest BCUT2D eigenvalue weighted by Crippen LogP contribution is 2.29. The van der Waals surface area contributed by atoms with Gasteiger partial charge in [0.15, 0.2) is 5.78 Å². The van der Waals surface area contributed by atoms with E-state index in [1.54, 1.807) is 6.92 Å². The van der Waals surface area contributed by atoms with Crippen LogP contribution >= 0.6 is 0 Å². The summed E-state index contributed by atoms with van der Waals surface area (Å²) in [5.74, 6) is -1.73. The van der Waals surface area contributed by atoms with Gasteiger partial charge in [-0.25, -0.2) is 0 Å². The number of phenolic OH excluding ortho intramolecular Hbond substituents is 2. The van der Waals surface area contributed by atoms with Gasteiger partial charge in [-0.05, 0) is 31.1 Å². The number of fused-ring (bicyclic) bond motifs is 1. The number of benzene rings is 1. The number of hydrogen-bond acceptors (Lipinski definition) is 6. The Kier molecular flexibility index (Phi) is 4.82. The zero-order valence-corrected chi connectivity index (χ0v) is 12.2. The second kappa shape index (κ2) is 6.62. The highest BCUT2D eigenvalue weighted by Gasteiger charge is 2.21. The van der Waals surface area contributed by atoms with Gasteiger partial charge in [0.1, 0.15) is 17.6 Å². The summed E-state index contributed by atoms with van der Waals surface area (Å²) >= 11 is 0. The van der Waals surface area contributed by atoms with Crippen LogP contribution in [0, 0.1) is 0 Å². The first kappa shape index (κ1) is 16.0. The van der Waals surface area contributed by atoms with Crippen molar-refractivity contribution in [1.29, 1.82) is 0 Å². The molecule has 1 unspecified atom stereocenters. The first-order chi connectivity index (χ1) is 10.4. The number of aromatic hydroxyl groups is 2. The molecule has 0 aromatic heterocycles. The minimum absolute atomic E-state index is 0.0475. The van der Waals surface area contributed by atoms with Gasteiger partial charge in [0.25, 0.3) is 0 Å². The fourth-order valence-corrected chi connectivity index (χ4v) is 2.46. The third kappa shape index (κ3) is 3.85. The molecule has 0 radical (unpaired) electrons. The fraction of sp³-hybridized carbons (Fsp3) is 0.375. The first-order valence-corrected chi connectivity index (χ1v) is 7.00. The Morgan fingerprint density at radius 1 is 1.23 bits per heavy atom. The molecule has 1 aromatic carbocycles. The van der Waals surface area contributed by atoms with E-state index in [2.05, 4.69) is 0 Å². The zero-order valence-electron chi connectivity index (χ0n) is 12.2. The average molecular weight is 306 g/mol. The van der Waals surface area contributed by atoms with Crippen LogP contribution in [0.3, 0.4) is 0 Å². The summed E-state index contributed by atoms with van der Waals surface area (Å²) in [7, 11) is 0. The van der Waals surface area contributed by atoms with E-state index < -0.39 is 29.7 Å². The number of allylic oxidation sites excluding steroid dienone is 1. The molecule has 0 aliphatic carbocycles. The number of carbonyl (C=O) groups excluding carboxylic acids is 2. The lowest BCUT2D eigenvalue weighted by molar-refractivity contribution is -0.148. The molecule has 6 nitrogen and oxygen atoms in total. The number of cyclic esters (lactones) is 1. The van der Waals surface area contributed by atoms with E-state index in [1.807, 2.05) is 0 Å². The zero-order chi connectivity index (χ0) is 16.3. The van der Waals surface area contributed by atoms with Crippen molar-refractivity contribution in [2.45, 2.75) is 38.4 Å². The van der Waals surface area contributed by atoms with Crippen LogP contribution in [0.25, 0.3) is 0 Å². The summed E-state index contributed by atoms with van der Waals surface area (Å²) < 4.78 is 5.17. The third-order valence-electron chi connectivity index (χ3n) is 3.38. The summed E-state index contributed by atoms with van der Waals surface area (Å²) in [6.07, 6.45) is 1.82. The Morgan fingerprint density at radius 2 is 1.95 bits per heavy atom. The van der Waals surface area contributed by atoms with Crippen molar-refractivity contribution in [3.05, 3.63) is 35.4 Å². The molecule has 118 valence electrons. The van der Waals surface area contributed by atoms with Gasteiger partial charge in [-0.1, -0.05) is 6.08 Å². The number of ketones is 1. The minimum atomic E-state index is -0.723. The maximum absolute atomic E-state index is 12.2. The smallest absolute Gasteiger partial charge is 0.310 e. The lowest BCUT2D eigenvalue weighted by Gasteiger charge is -2.18. The number of esters is 1. The minimum Gasteiger partial charge on any atom is -0.508 e. The van der Waals surface area contributed by atoms with Crippen LogP contribution in [0.4, 0.5) is 0 Å². The molecular weight excluding hydrogens is 288 g/mol. The highest BCUT2D eigenvalue weighted by molar-refractivity contribution is 6.08. The van der Waals surface area contributed by atoms with E-state index in [0.29, 0.717) is 0 Å². The van der Waals surface area contributed by atoms with Gasteiger partial charge in [0.2, 0.25) is 0 Å². The van der Waals surface area contributed by atoms with Gasteiger partial charge in [-0.2, -0.15) is 0 Å². The lowest BCUT2D eigenvalue weighted by Crippen LogP contribution is -2.23. The highest BCUT2D eigenvalue weighted by atomic mass is 16.5. The topological polar surface area (TPSA) is 104 Å². The van der Waals surface area contributed by atoms with E-state index in [4.69, 9.17) is 4.74 Å². The summed E-state index contributed by atoms with van der Waals surface area (Å²) in [5.41, 5.74) is 0.152. The number of aliphatic hydroxyl groups excluding tert-OH is 1. The maximum Gasteiger partial charge on any atom is 0.310 e. The largest absolute Gasteiger partial charge is 0.508 e. The molecule has 1 aliphatic heterocycles. The fourth-order valence-electron chi connectivity index (χ4n) is 2.46. The molecular formula is C16H18O6. The Bertz CT molecular complexity index is 619. The van der Waals surface area contributed by atoms with Crippen molar-refractivity contribution >= 4 is 11.8 Å². The normalized spacial score (nSPS) is 24.6. The molecule has 1 heterocycles. The maximum atomic E-state index is 12.2. The molecule has 0 spiro atoms. The van der Waals surface area contributed by atoms with Crippen molar-refractivity contribution in [1.82, 2.24) is 0 Å². The number of ether oxygens (including phenoxy) is 1. The van der Waals surface area contributed by atoms with Gasteiger partial charge in [-0.3, -0.25) is 9.59 Å². The van der Waals surface area contributed by atoms with Gasteiger partial charge >= 0.3 is 5.97 Å². The average Bonchev–Trinajstić information content (AvgIpc) is 2.35. The van der Waals surface area contributed by atoms with Crippen LogP contribution < -0.4 is 0 Å². The summed E-state index contributed by atoms with van der Waals surface area (Å²) in [5, 5.41) is 29.2. The van der Waals surface area contributed by atoms with Crippen molar-refractivity contribution in [2.75, 3.05) is 0 Å². The van der Waals surface area contributed by atoms with Crippen LogP contribution in [-0.4, -0.2) is 39.3 Å². The predicted molar refractivity (Wildman–Crippen MR) is 77.7 cm³/mol. The molecule has 3 N–H and O–H groups in total. The monoisotopic (exact) mass is 306 g/mol. The Labute approximate surface area is 127 Å². The molecule has 0 fully saturated rings. The summed E-state index contributed by atoms with van der Waals surface area (Å²) in [6.45, 7) is 1.67. The van der Waals surface area contributed by atoms with Crippen molar-refractivity contribution < 1.29 is 29.6 Å². The molecule has 22 heavy (non-hydrogen) atoms. The van der Waals surface area contributed by atoms with Gasteiger partial charge in [-0.15, -0.1) is 0 Å². The van der Waals surface area contributed by atoms with Crippen LogP contribution in [0.2, 0.25) is 0 Å². The molecule has 0 bridgehead atoms. The van der Waals surface area contributed by atoms with Crippen molar-refractivity contribution in [2.24, 2.45) is 0 Å². The molecule has 0 amide bonds. The summed E-state index contributed by atoms with van der Waals surface area (Å²) in [6, 6.07) is 2.30. The molecule has 1 aliphatic rings. The standard InChI is InChI=1S/C16H18O6/c1-9-5-11(17)3-2-4-13(19)16-10(7-15(21)22-9)6-12(18)8-14(16)20/h2,4,6,8-9,11,17-18,20H,3,5,7H2,1H3/b4-2+/t9-,11?/m1/s1. The molecule has 2 rings (SSSR count). The second-order valence-electron chi connectivity index (χ2n) is 5.37. The number of phenols is 2. The lowest BCUT2D eigenvalue weighted by atomic mass is 9.98. The molecule has 0 saturated carbocycles. The van der Waals surface area contributed by atoms with E-state index >= 15 is 0 Å². The van der Waals surface area contributed by atoms with E-state index in [-0.39, 0.29) is 36.1 Å². The van der Waals surface area contributed by atoms with Crippen molar-refractivity contribution in [3.63, 3.8) is 0 Å². The first-order valence-electron chi connectivity index (χ1n) is 7.00. The van der Waals surface area contributed by atoms with Gasteiger partial charge in [0, 0.05) is 12.5 Å². The quantitative estimate of drug-likeness (QED) is 0.627. The van der Waals surface area contributed by atoms with Crippen molar-refractivity contribution in [3.8, 4) is 11.5 Å². The SMILES string of the molecule is C[C@@H]1CC(O)C/C=C/C(=O)c2c(O)cc(O)cc2CC(=O)O1. The third-order valence-corrected chi connectivity index (χ3v) is 3.38. The molecule has 0 saturated heterocycles. The van der Waals surface area contributed by atoms with E-state index in [1.165, 1.54) is 18.2 Å². The molecule has 6 heteroatoms. The molecule has 2 atom stereocenters. The predicted octanol–water partition coefficient (Wildman–Crippen LogP) is 1.47. The van der Waals surface area contributed by atoms with Crippen LogP contribution in [0.15, 0.2) is 24.3 Å². The molecule has 1 aromatic rings. The number of hydrogen-bond donors (Lipinski definition) is 3. The van der Waals surface area contributed by atoms with Crippen LogP contribution in [0.1, 0.15) is 35.7 Å². The summed E-state index contributed by atoms with van der Waals surface area (Å²) in [4.78, 5) is 24.1.